The zero-order chi connectivity index (χ0) is 60.3. The van der Waals surface area contributed by atoms with E-state index in [1.807, 2.05) is 0 Å². The molecule has 9 atom stereocenters. The van der Waals surface area contributed by atoms with Gasteiger partial charge in [0.15, 0.2) is 6.29 Å². The number of unbranched alkanes of at least 4 members (excludes halogenated alkanes) is 48. The summed E-state index contributed by atoms with van der Waals surface area (Å²) in [5.74, 6) is -0.699. The van der Waals surface area contributed by atoms with Gasteiger partial charge >= 0.3 is 0 Å². The lowest BCUT2D eigenvalue weighted by Crippen LogP contribution is -2.60. The summed E-state index contributed by atoms with van der Waals surface area (Å²) < 4.78 is 11.2. The van der Waals surface area contributed by atoms with E-state index in [9.17, 15) is 40.5 Å². The molecule has 0 aromatic heterocycles. The van der Waals surface area contributed by atoms with Crippen LogP contribution in [0.3, 0.4) is 0 Å². The molecule has 0 spiro atoms. The van der Waals surface area contributed by atoms with E-state index in [1.54, 1.807) is 0 Å². The Bertz CT molecular complexity index is 1400. The third kappa shape index (κ3) is 48.2. The summed E-state index contributed by atoms with van der Waals surface area (Å²) in [6.45, 7) is 3.50. The fourth-order valence-electron chi connectivity index (χ4n) is 11.9. The first kappa shape index (κ1) is 79.6. The molecule has 11 heteroatoms. The number of amides is 1. The van der Waals surface area contributed by atoms with E-state index >= 15 is 0 Å². The number of carbonyl (C=O) groups is 1. The smallest absolute Gasteiger partial charge is 0.249 e. The Balaban J connectivity index is 2.18. The van der Waals surface area contributed by atoms with Crippen molar-refractivity contribution in [1.29, 1.82) is 0 Å². The molecule has 1 fully saturated rings. The largest absolute Gasteiger partial charge is 0.394 e. The molecule has 1 amide bonds. The van der Waals surface area contributed by atoms with Gasteiger partial charge in [-0.25, -0.2) is 0 Å². The van der Waals surface area contributed by atoms with Gasteiger partial charge in [-0.15, -0.1) is 0 Å². The maximum absolute atomic E-state index is 13.3. The Morgan fingerprint density at radius 2 is 0.711 bits per heavy atom. The molecule has 0 aliphatic carbocycles. The monoisotopic (exact) mass is 1180 g/mol. The quantitative estimate of drug-likeness (QED) is 0.0215. The van der Waals surface area contributed by atoms with Crippen molar-refractivity contribution in [2.45, 2.75) is 416 Å². The molecule has 1 aliphatic rings. The van der Waals surface area contributed by atoms with Gasteiger partial charge in [-0.05, 0) is 64.2 Å². The molecular formula is C72H139NO10. The van der Waals surface area contributed by atoms with Gasteiger partial charge in [0.1, 0.15) is 36.6 Å². The highest BCUT2D eigenvalue weighted by Gasteiger charge is 2.44. The third-order valence-corrected chi connectivity index (χ3v) is 17.7. The van der Waals surface area contributed by atoms with E-state index in [0.717, 1.165) is 38.5 Å². The molecule has 0 radical (unpaired) electrons. The molecule has 0 aromatic carbocycles. The Morgan fingerprint density at radius 3 is 1.04 bits per heavy atom. The number of rotatable bonds is 64. The Hall–Kier alpha value is -1.41. The van der Waals surface area contributed by atoms with Crippen LogP contribution in [0.4, 0.5) is 0 Å². The van der Waals surface area contributed by atoms with Crippen molar-refractivity contribution >= 4 is 5.91 Å². The van der Waals surface area contributed by atoms with Gasteiger partial charge in [-0.2, -0.15) is 0 Å². The van der Waals surface area contributed by atoms with Crippen molar-refractivity contribution in [3.05, 3.63) is 24.3 Å². The molecule has 1 heterocycles. The van der Waals surface area contributed by atoms with Crippen LogP contribution < -0.4 is 5.32 Å². The van der Waals surface area contributed by atoms with E-state index in [0.29, 0.717) is 12.8 Å². The summed E-state index contributed by atoms with van der Waals surface area (Å²) in [5.41, 5.74) is 0. The minimum Gasteiger partial charge on any atom is -0.394 e. The van der Waals surface area contributed by atoms with Crippen LogP contribution in [-0.2, 0) is 14.3 Å². The number of allylic oxidation sites excluding steroid dienone is 4. The zero-order valence-corrected chi connectivity index (χ0v) is 54.5. The first-order valence-electron chi connectivity index (χ1n) is 36.2. The summed E-state index contributed by atoms with van der Waals surface area (Å²) in [6.07, 6.45) is 65.6. The first-order chi connectivity index (χ1) is 40.7. The van der Waals surface area contributed by atoms with Crippen LogP contribution in [0, 0.1) is 0 Å². The van der Waals surface area contributed by atoms with Gasteiger partial charge in [-0.3, -0.25) is 4.79 Å². The number of aliphatic hydroxyl groups excluding tert-OH is 7. The van der Waals surface area contributed by atoms with Crippen LogP contribution in [0.25, 0.3) is 0 Å². The average molecular weight is 1180 g/mol. The molecule has 8 N–H and O–H groups in total. The molecule has 83 heavy (non-hydrogen) atoms. The second-order valence-electron chi connectivity index (χ2n) is 25.7. The standard InChI is InChI=1S/C72H139NO10/c1-3-5-7-9-11-13-15-17-19-21-23-25-27-29-30-31-32-33-34-35-36-38-40-42-44-46-48-50-52-54-56-58-60-65(76)71(81)73-63(62-82-72-70(80)69(79)68(78)66(61-74)83-72)67(77)64(75)59-57-55-53-51-49-47-45-43-41-39-37-28-26-24-22-20-18-16-14-12-10-8-6-4-2/h29-30,51,53,63-70,72,74-80H,3-28,31-50,52,54-62H2,1-2H3,(H,73,81)/b30-29-,53-51+. The van der Waals surface area contributed by atoms with Crippen LogP contribution >= 0.6 is 0 Å². The Kier molecular flexibility index (Phi) is 58.4. The Labute approximate surface area is 512 Å². The van der Waals surface area contributed by atoms with Crippen molar-refractivity contribution in [1.82, 2.24) is 5.32 Å². The average Bonchev–Trinajstić information content (AvgIpc) is 3.68. The maximum Gasteiger partial charge on any atom is 0.249 e. The van der Waals surface area contributed by atoms with Gasteiger partial charge in [-0.1, -0.05) is 321 Å². The second-order valence-corrected chi connectivity index (χ2v) is 25.7. The second kappa shape index (κ2) is 60.9. The van der Waals surface area contributed by atoms with E-state index in [-0.39, 0.29) is 12.8 Å². The topological polar surface area (TPSA) is 189 Å². The summed E-state index contributed by atoms with van der Waals surface area (Å²) in [4.78, 5) is 13.3. The molecule has 9 unspecified atom stereocenters. The molecule has 0 saturated carbocycles. The lowest BCUT2D eigenvalue weighted by molar-refractivity contribution is -0.303. The van der Waals surface area contributed by atoms with Gasteiger partial charge in [0, 0.05) is 0 Å². The fraction of sp³-hybridized carbons (Fsp3) is 0.931. The zero-order valence-electron chi connectivity index (χ0n) is 54.5. The minimum absolute atomic E-state index is 0.257. The van der Waals surface area contributed by atoms with E-state index in [4.69, 9.17) is 9.47 Å². The molecule has 11 nitrogen and oxygen atoms in total. The minimum atomic E-state index is -1.67. The van der Waals surface area contributed by atoms with E-state index in [1.165, 1.54) is 283 Å². The summed E-state index contributed by atoms with van der Waals surface area (Å²) in [6, 6.07) is -1.18. The van der Waals surface area contributed by atoms with Crippen LogP contribution in [0.2, 0.25) is 0 Å². The maximum atomic E-state index is 13.3. The lowest BCUT2D eigenvalue weighted by Gasteiger charge is -2.40. The number of nitrogens with one attached hydrogen (secondary N) is 1. The number of carbonyl (C=O) groups excluding carboxylic acids is 1. The van der Waals surface area contributed by atoms with Crippen LogP contribution in [0.1, 0.15) is 361 Å². The molecular weight excluding hydrogens is 1040 g/mol. The Morgan fingerprint density at radius 1 is 0.410 bits per heavy atom. The van der Waals surface area contributed by atoms with Gasteiger partial charge in [0.05, 0.1) is 25.4 Å². The van der Waals surface area contributed by atoms with Crippen LogP contribution in [0.15, 0.2) is 24.3 Å². The van der Waals surface area contributed by atoms with Crippen molar-refractivity contribution in [3.63, 3.8) is 0 Å². The van der Waals surface area contributed by atoms with Gasteiger partial charge < -0.3 is 50.5 Å². The molecule has 0 bridgehead atoms. The van der Waals surface area contributed by atoms with Crippen molar-refractivity contribution in [2.24, 2.45) is 0 Å². The van der Waals surface area contributed by atoms with Gasteiger partial charge in [0.25, 0.3) is 0 Å². The molecule has 492 valence electrons. The number of ether oxygens (including phenoxy) is 2. The summed E-state index contributed by atoms with van der Waals surface area (Å²) >= 11 is 0. The predicted molar refractivity (Wildman–Crippen MR) is 349 cm³/mol. The van der Waals surface area contributed by atoms with Crippen molar-refractivity contribution in [2.75, 3.05) is 13.2 Å². The number of aliphatic hydroxyl groups is 7. The van der Waals surface area contributed by atoms with Crippen LogP contribution in [0.5, 0.6) is 0 Å². The third-order valence-electron chi connectivity index (χ3n) is 17.7. The fourth-order valence-corrected chi connectivity index (χ4v) is 11.9. The predicted octanol–water partition coefficient (Wildman–Crippen LogP) is 17.6. The van der Waals surface area contributed by atoms with E-state index in [2.05, 4.69) is 43.5 Å². The molecule has 0 aromatic rings. The van der Waals surface area contributed by atoms with Crippen LogP contribution in [-0.4, -0.2) is 110 Å². The number of hydrogen-bond donors (Lipinski definition) is 8. The summed E-state index contributed by atoms with van der Waals surface area (Å²) in [7, 11) is 0. The van der Waals surface area contributed by atoms with Crippen molar-refractivity contribution in [3.8, 4) is 0 Å². The van der Waals surface area contributed by atoms with E-state index < -0.39 is 74.2 Å². The molecule has 1 aliphatic heterocycles. The summed E-state index contributed by atoms with van der Waals surface area (Å²) in [5, 5.41) is 76.5. The lowest BCUT2D eigenvalue weighted by atomic mass is 9.98. The highest BCUT2D eigenvalue weighted by atomic mass is 16.7. The van der Waals surface area contributed by atoms with Crippen molar-refractivity contribution < 1.29 is 50.0 Å². The highest BCUT2D eigenvalue weighted by Crippen LogP contribution is 2.24. The normalized spacial score (nSPS) is 19.1. The highest BCUT2D eigenvalue weighted by molar-refractivity contribution is 5.80. The van der Waals surface area contributed by atoms with Gasteiger partial charge in [0.2, 0.25) is 5.91 Å². The number of hydrogen-bond acceptors (Lipinski definition) is 10. The first-order valence-corrected chi connectivity index (χ1v) is 36.2. The SMILES string of the molecule is CCCCCCCCCCCCCC/C=C\CCCCCCCCCCCCCCCCCCC(O)C(=O)NC(COC1OC(CO)C(O)C(O)C1O)C(O)C(O)CCC/C=C/CCCCCCCCCCCCCCCCCCCCC. The molecule has 1 rings (SSSR count). The molecule has 1 saturated heterocycles.